The van der Waals surface area contributed by atoms with Gasteiger partial charge in [-0.25, -0.2) is 39.9 Å². The van der Waals surface area contributed by atoms with E-state index in [0.29, 0.717) is 4.31 Å². The molecule has 1 atom stereocenters. The Labute approximate surface area is 246 Å². The summed E-state index contributed by atoms with van der Waals surface area (Å²) in [6.07, 6.45) is -1.10. The minimum atomic E-state index is -4.14. The predicted molar refractivity (Wildman–Crippen MR) is 143 cm³/mol. The zero-order chi connectivity index (χ0) is 32.9. The molecule has 2 N–H and O–H groups in total. The van der Waals surface area contributed by atoms with Gasteiger partial charge in [0.1, 0.15) is 17.1 Å². The molecule has 1 amide bonds. The van der Waals surface area contributed by atoms with Gasteiger partial charge in [0.05, 0.1) is 11.3 Å². The van der Waals surface area contributed by atoms with E-state index in [1.165, 1.54) is 25.1 Å². The summed E-state index contributed by atoms with van der Waals surface area (Å²) < 4.78 is 120. The van der Waals surface area contributed by atoms with E-state index in [2.05, 4.69) is 20.0 Å². The number of esters is 1. The molecule has 0 spiro atoms. The highest BCUT2D eigenvalue weighted by Gasteiger charge is 2.44. The molecular formula is C27H24F6N4O6S. The molecule has 3 aromatic rings. The van der Waals surface area contributed by atoms with Crippen LogP contribution in [0.15, 0.2) is 35.3 Å². The first-order valence-electron chi connectivity index (χ1n) is 12.5. The fourth-order valence-corrected chi connectivity index (χ4v) is 5.69. The number of sulfonamides is 1. The number of amides is 1. The Hall–Kier alpha value is -4.54. The van der Waals surface area contributed by atoms with E-state index in [9.17, 15) is 40.0 Å². The third-order valence-corrected chi connectivity index (χ3v) is 8.26. The molecule has 236 valence electrons. The number of guanidine groups is 1. The lowest BCUT2D eigenvalue weighted by molar-refractivity contribution is 0.0601. The van der Waals surface area contributed by atoms with Crippen molar-refractivity contribution < 1.29 is 53.8 Å². The van der Waals surface area contributed by atoms with Crippen molar-refractivity contribution in [3.05, 3.63) is 76.5 Å². The number of rotatable bonds is 4. The molecule has 1 saturated heterocycles. The minimum absolute atomic E-state index is 0.0950. The third-order valence-electron chi connectivity index (χ3n) is 6.31. The molecule has 1 aromatic heterocycles. The second-order valence-corrected chi connectivity index (χ2v) is 12.9. The Balaban J connectivity index is 1.66. The number of aromatic amines is 1. The van der Waals surface area contributed by atoms with Crippen molar-refractivity contribution in [3.8, 4) is 17.0 Å². The van der Waals surface area contributed by atoms with E-state index >= 15 is 4.39 Å². The van der Waals surface area contributed by atoms with E-state index in [0.717, 1.165) is 19.2 Å². The number of ether oxygens (including phenoxy) is 2. The van der Waals surface area contributed by atoms with Crippen LogP contribution in [0.25, 0.3) is 11.3 Å². The first-order valence-corrected chi connectivity index (χ1v) is 14.1. The van der Waals surface area contributed by atoms with Gasteiger partial charge in [0.15, 0.2) is 0 Å². The van der Waals surface area contributed by atoms with Gasteiger partial charge in [0.2, 0.25) is 50.8 Å². The first-order chi connectivity index (χ1) is 20.2. The molecule has 1 fully saturated rings. The van der Waals surface area contributed by atoms with Gasteiger partial charge < -0.3 is 19.8 Å². The number of hydrogen-bond donors (Lipinski definition) is 2. The van der Waals surface area contributed by atoms with Crippen LogP contribution in [-0.4, -0.2) is 54.1 Å². The van der Waals surface area contributed by atoms with Gasteiger partial charge in [0.25, 0.3) is 0 Å². The van der Waals surface area contributed by atoms with Crippen molar-refractivity contribution in [1.82, 2.24) is 14.6 Å². The molecule has 2 heterocycles. The monoisotopic (exact) mass is 646 g/mol. The summed E-state index contributed by atoms with van der Waals surface area (Å²) in [6, 6.07) is 5.83. The summed E-state index contributed by atoms with van der Waals surface area (Å²) in [5.74, 6) is -17.0. The van der Waals surface area contributed by atoms with Gasteiger partial charge in [-0.1, -0.05) is 0 Å². The van der Waals surface area contributed by atoms with E-state index in [4.69, 9.17) is 4.74 Å². The Bertz CT molecular complexity index is 1790. The Kier molecular flexibility index (Phi) is 8.23. The number of nitrogens with zero attached hydrogens (tertiary/aromatic N) is 2. The highest BCUT2D eigenvalue weighted by atomic mass is 32.2. The number of carbonyl (C=O) groups is 2. The average Bonchev–Trinajstić information content (AvgIpc) is 3.41. The Morgan fingerprint density at radius 2 is 1.55 bits per heavy atom. The number of halogens is 6. The number of carbonyl (C=O) groups excluding carboxylic acids is 2. The molecule has 0 unspecified atom stereocenters. The second-order valence-electron chi connectivity index (χ2n) is 10.9. The smallest absolute Gasteiger partial charge is 0.437 e. The van der Waals surface area contributed by atoms with Crippen LogP contribution in [0.5, 0.6) is 5.75 Å². The highest BCUT2D eigenvalue weighted by molar-refractivity contribution is 7.89. The molecular weight excluding hydrogens is 622 g/mol. The van der Waals surface area contributed by atoms with Crippen molar-refractivity contribution in [3.63, 3.8) is 0 Å². The summed E-state index contributed by atoms with van der Waals surface area (Å²) in [7, 11) is -3.00. The van der Waals surface area contributed by atoms with Crippen LogP contribution in [-0.2, 0) is 20.3 Å². The molecule has 0 radical (unpaired) electrons. The minimum Gasteiger partial charge on any atom is -0.442 e. The third kappa shape index (κ3) is 6.22. The number of H-pyrrole nitrogens is 1. The largest absolute Gasteiger partial charge is 0.442 e. The van der Waals surface area contributed by atoms with Crippen LogP contribution >= 0.6 is 0 Å². The maximum atomic E-state index is 15.2. The number of aromatic nitrogens is 1. The maximum Gasteiger partial charge on any atom is 0.437 e. The summed E-state index contributed by atoms with van der Waals surface area (Å²) in [5.41, 5.74) is -3.02. The van der Waals surface area contributed by atoms with Crippen molar-refractivity contribution in [2.75, 3.05) is 12.8 Å². The molecule has 17 heteroatoms. The van der Waals surface area contributed by atoms with Crippen molar-refractivity contribution in [1.29, 1.82) is 0 Å². The van der Waals surface area contributed by atoms with Gasteiger partial charge in [-0.3, -0.25) is 0 Å². The first kappa shape index (κ1) is 32.4. The van der Waals surface area contributed by atoms with E-state index < -0.39 is 91.3 Å². The van der Waals surface area contributed by atoms with E-state index in [1.54, 1.807) is 20.8 Å². The lowest BCUT2D eigenvalue weighted by atomic mass is 9.91. The van der Waals surface area contributed by atoms with Crippen LogP contribution in [0.4, 0.5) is 31.1 Å². The second kappa shape index (κ2) is 11.2. The van der Waals surface area contributed by atoms with Gasteiger partial charge >= 0.3 is 12.1 Å². The van der Waals surface area contributed by atoms with Crippen molar-refractivity contribution in [2.24, 2.45) is 4.99 Å². The lowest BCUT2D eigenvalue weighted by Crippen LogP contribution is -2.61. The fourth-order valence-electron chi connectivity index (χ4n) is 4.19. The topological polar surface area (TPSA) is 130 Å². The molecule has 0 aliphatic carbocycles. The van der Waals surface area contributed by atoms with Gasteiger partial charge in [-0.05, 0) is 63.6 Å². The molecule has 0 saturated carbocycles. The molecule has 0 bridgehead atoms. The van der Waals surface area contributed by atoms with Crippen LogP contribution in [0.3, 0.4) is 0 Å². The zero-order valence-corrected chi connectivity index (χ0v) is 24.4. The summed E-state index contributed by atoms with van der Waals surface area (Å²) in [6.45, 7) is 6.09. The molecule has 1 aliphatic heterocycles. The quantitative estimate of drug-likeness (QED) is 0.133. The zero-order valence-electron chi connectivity index (χ0n) is 23.6. The highest BCUT2D eigenvalue weighted by Crippen LogP contribution is 2.34. The van der Waals surface area contributed by atoms with E-state index in [-0.39, 0.29) is 16.8 Å². The Morgan fingerprint density at radius 1 is 0.955 bits per heavy atom. The standard InChI is InChI=1S/C27H24F6N4O6S/c1-26(2,3)43-25(39)35-24-36-27(4,11-44(40,41)37(24)5)13-10-12(6-7-14(13)28)15-8-9-16(34-15)23(38)42-22-20(32)18(30)17(29)19(31)21(22)33/h6-10,34H,11H2,1-5H3,(H,35,36,39)/t27-/m0/s1. The van der Waals surface area contributed by atoms with Crippen LogP contribution in [0.2, 0.25) is 0 Å². The predicted octanol–water partition coefficient (Wildman–Crippen LogP) is 5.11. The summed E-state index contributed by atoms with van der Waals surface area (Å²) in [5, 5.41) is 2.77. The lowest BCUT2D eigenvalue weighted by Gasteiger charge is -2.40. The normalized spacial score (nSPS) is 19.1. The number of aliphatic imine (C=N–C) groups is 1. The van der Waals surface area contributed by atoms with Gasteiger partial charge in [-0.15, -0.1) is 4.99 Å². The van der Waals surface area contributed by atoms with Crippen LogP contribution in [0, 0.1) is 34.9 Å². The molecule has 4 rings (SSSR count). The SMILES string of the molecule is CN1/C(=N/C(=O)OC(C)(C)C)N[C@](C)(c2cc(-c3ccc(C(=O)Oc4c(F)c(F)c(F)c(F)c4F)[nH]3)ccc2F)CS1(=O)=O. The molecule has 44 heavy (non-hydrogen) atoms. The van der Waals surface area contributed by atoms with Crippen LogP contribution < -0.4 is 10.1 Å². The maximum absolute atomic E-state index is 15.2. The number of nitrogens with one attached hydrogen (secondary N) is 2. The van der Waals surface area contributed by atoms with E-state index in [1.807, 2.05) is 0 Å². The van der Waals surface area contributed by atoms with Gasteiger partial charge in [-0.2, -0.15) is 8.78 Å². The molecule has 1 aliphatic rings. The van der Waals surface area contributed by atoms with Gasteiger partial charge in [0, 0.05) is 18.3 Å². The average molecular weight is 647 g/mol. The molecule has 10 nitrogen and oxygen atoms in total. The summed E-state index contributed by atoms with van der Waals surface area (Å²) in [4.78, 5) is 31.0. The number of benzene rings is 2. The van der Waals surface area contributed by atoms with Crippen LogP contribution in [0.1, 0.15) is 43.7 Å². The number of hydrogen-bond acceptors (Lipinski definition) is 6. The van der Waals surface area contributed by atoms with Crippen molar-refractivity contribution >= 4 is 28.0 Å². The molecule has 2 aromatic carbocycles. The fraction of sp³-hybridized carbons (Fsp3) is 0.296. The summed E-state index contributed by atoms with van der Waals surface area (Å²) >= 11 is 0. The van der Waals surface area contributed by atoms with Crippen molar-refractivity contribution in [2.45, 2.75) is 38.8 Å². The Morgan fingerprint density at radius 3 is 2.14 bits per heavy atom.